The maximum atomic E-state index is 13.2. The van der Waals surface area contributed by atoms with E-state index in [0.29, 0.717) is 22.8 Å². The van der Waals surface area contributed by atoms with E-state index in [1.54, 1.807) is 31.2 Å². The van der Waals surface area contributed by atoms with Crippen LogP contribution in [0.4, 0.5) is 5.82 Å². The Morgan fingerprint density at radius 3 is 2.20 bits per heavy atom. The van der Waals surface area contributed by atoms with Crippen LogP contribution in [0.5, 0.6) is 11.5 Å². The number of hydrogen-bond donors (Lipinski definition) is 1. The number of rotatable bonds is 6. The van der Waals surface area contributed by atoms with Gasteiger partial charge in [0.1, 0.15) is 11.5 Å². The van der Waals surface area contributed by atoms with E-state index in [1.807, 2.05) is 0 Å². The van der Waals surface area contributed by atoms with E-state index in [-0.39, 0.29) is 22.5 Å². The minimum absolute atomic E-state index is 0.109. The number of hydrogen-bond acceptors (Lipinski definition) is 9. The number of ketones is 1. The Morgan fingerprint density at radius 1 is 0.971 bits per heavy atom. The van der Waals surface area contributed by atoms with Gasteiger partial charge in [0.15, 0.2) is 17.3 Å². The normalized spacial score (nSPS) is 16.9. The number of nitrogens with zero attached hydrogens (tertiary/aromatic N) is 2. The number of amides is 1. The second-order valence-corrected chi connectivity index (χ2v) is 7.65. The van der Waals surface area contributed by atoms with Gasteiger partial charge in [-0.15, -0.1) is 0 Å². The maximum absolute atomic E-state index is 13.2. The van der Waals surface area contributed by atoms with E-state index in [9.17, 15) is 19.5 Å². The highest BCUT2D eigenvalue weighted by molar-refractivity contribution is 6.51. The average Bonchev–Trinajstić information content (AvgIpc) is 3.42. The predicted molar refractivity (Wildman–Crippen MR) is 123 cm³/mol. The Kier molecular flexibility index (Phi) is 6.28. The summed E-state index contributed by atoms with van der Waals surface area (Å²) in [6.45, 7) is 1.65. The molecule has 1 aromatic heterocycles. The zero-order valence-corrected chi connectivity index (χ0v) is 19.4. The zero-order chi connectivity index (χ0) is 25.3. The van der Waals surface area contributed by atoms with Crippen LogP contribution in [0.3, 0.4) is 0 Å². The number of carbonyl (C=O) groups excluding carboxylic acids is 3. The highest BCUT2D eigenvalue weighted by atomic mass is 16.5. The van der Waals surface area contributed by atoms with Crippen molar-refractivity contribution in [2.24, 2.45) is 0 Å². The van der Waals surface area contributed by atoms with Gasteiger partial charge < -0.3 is 23.8 Å². The van der Waals surface area contributed by atoms with Gasteiger partial charge in [0, 0.05) is 11.6 Å². The Labute approximate surface area is 200 Å². The lowest BCUT2D eigenvalue weighted by atomic mass is 9.94. The van der Waals surface area contributed by atoms with Crippen LogP contribution in [0.2, 0.25) is 0 Å². The van der Waals surface area contributed by atoms with Crippen LogP contribution in [0.25, 0.3) is 5.76 Å². The lowest BCUT2D eigenvalue weighted by molar-refractivity contribution is -0.132. The lowest BCUT2D eigenvalue weighted by Gasteiger charge is -2.23. The molecule has 10 heteroatoms. The van der Waals surface area contributed by atoms with E-state index in [2.05, 4.69) is 5.16 Å². The topological polar surface area (TPSA) is 128 Å². The van der Waals surface area contributed by atoms with Crippen molar-refractivity contribution in [3.8, 4) is 11.5 Å². The third-order valence-electron chi connectivity index (χ3n) is 5.61. The monoisotopic (exact) mass is 478 g/mol. The zero-order valence-electron chi connectivity index (χ0n) is 19.4. The molecule has 0 bridgehead atoms. The van der Waals surface area contributed by atoms with Crippen molar-refractivity contribution in [2.75, 3.05) is 26.2 Å². The van der Waals surface area contributed by atoms with E-state index >= 15 is 0 Å². The summed E-state index contributed by atoms with van der Waals surface area (Å²) in [4.78, 5) is 39.3. The molecule has 1 fully saturated rings. The number of aromatic nitrogens is 1. The Morgan fingerprint density at radius 2 is 1.63 bits per heavy atom. The first kappa shape index (κ1) is 23.6. The number of benzene rings is 2. The minimum Gasteiger partial charge on any atom is -0.507 e. The van der Waals surface area contributed by atoms with Gasteiger partial charge in [0.25, 0.3) is 5.78 Å². The van der Waals surface area contributed by atoms with E-state index < -0.39 is 29.5 Å². The number of anilines is 1. The molecule has 0 radical (unpaired) electrons. The van der Waals surface area contributed by atoms with Crippen LogP contribution in [0.15, 0.2) is 58.6 Å². The summed E-state index contributed by atoms with van der Waals surface area (Å²) < 4.78 is 20.4. The molecule has 35 heavy (non-hydrogen) atoms. The van der Waals surface area contributed by atoms with E-state index in [1.165, 1.54) is 45.6 Å². The SMILES string of the molecule is COC(=O)c1ccc([C@@H]2C(=C(O)c3ccc(OC)c(OC)c3)C(=O)C(=O)N2c2cc(C)on2)cc1. The van der Waals surface area contributed by atoms with Crippen LogP contribution in [-0.2, 0) is 14.3 Å². The summed E-state index contributed by atoms with van der Waals surface area (Å²) in [5.74, 6) is -1.44. The molecule has 1 N–H and O–H groups in total. The fourth-order valence-electron chi connectivity index (χ4n) is 3.91. The summed E-state index contributed by atoms with van der Waals surface area (Å²) in [6, 6.07) is 11.2. The number of esters is 1. The molecular weight excluding hydrogens is 456 g/mol. The molecule has 3 aromatic rings. The summed E-state index contributed by atoms with van der Waals surface area (Å²) in [5.41, 5.74) is 0.826. The van der Waals surface area contributed by atoms with Gasteiger partial charge >= 0.3 is 11.9 Å². The van der Waals surface area contributed by atoms with Gasteiger partial charge in [-0.3, -0.25) is 14.5 Å². The number of carbonyl (C=O) groups is 3. The van der Waals surface area contributed by atoms with Crippen LogP contribution < -0.4 is 14.4 Å². The molecule has 0 unspecified atom stereocenters. The molecule has 1 aliphatic heterocycles. The quantitative estimate of drug-likeness (QED) is 0.245. The van der Waals surface area contributed by atoms with Gasteiger partial charge in [-0.05, 0) is 42.8 Å². The Bertz CT molecular complexity index is 1340. The van der Waals surface area contributed by atoms with E-state index in [0.717, 1.165) is 4.90 Å². The maximum Gasteiger partial charge on any atom is 0.337 e. The second-order valence-electron chi connectivity index (χ2n) is 7.65. The molecule has 1 saturated heterocycles. The first-order chi connectivity index (χ1) is 16.8. The van der Waals surface area contributed by atoms with Crippen LogP contribution >= 0.6 is 0 Å². The molecule has 2 heterocycles. The Hall–Kier alpha value is -4.60. The predicted octanol–water partition coefficient (Wildman–Crippen LogP) is 3.41. The van der Waals surface area contributed by atoms with Crippen molar-refractivity contribution in [3.05, 3.63) is 76.6 Å². The molecule has 10 nitrogen and oxygen atoms in total. The molecule has 2 aromatic carbocycles. The summed E-state index contributed by atoms with van der Waals surface area (Å²) >= 11 is 0. The largest absolute Gasteiger partial charge is 0.507 e. The number of aliphatic hydroxyl groups excluding tert-OH is 1. The number of Topliss-reactive ketones (excluding diaryl/α,β-unsaturated/α-hetero) is 1. The summed E-state index contributed by atoms with van der Waals surface area (Å²) in [6.07, 6.45) is 0. The number of methoxy groups -OCH3 is 3. The minimum atomic E-state index is -1.04. The van der Waals surface area contributed by atoms with Crippen molar-refractivity contribution in [2.45, 2.75) is 13.0 Å². The molecule has 0 saturated carbocycles. The highest BCUT2D eigenvalue weighted by Crippen LogP contribution is 2.42. The van der Waals surface area contributed by atoms with Crippen molar-refractivity contribution in [3.63, 3.8) is 0 Å². The van der Waals surface area contributed by atoms with E-state index in [4.69, 9.17) is 18.7 Å². The van der Waals surface area contributed by atoms with Crippen molar-refractivity contribution < 1.29 is 38.2 Å². The first-order valence-corrected chi connectivity index (χ1v) is 10.5. The molecule has 1 aliphatic rings. The third-order valence-corrected chi connectivity index (χ3v) is 5.61. The highest BCUT2D eigenvalue weighted by Gasteiger charge is 2.48. The molecule has 4 rings (SSSR count). The lowest BCUT2D eigenvalue weighted by Crippen LogP contribution is -2.29. The molecular formula is C25H22N2O8. The first-order valence-electron chi connectivity index (χ1n) is 10.5. The van der Waals surface area contributed by atoms with Crippen molar-refractivity contribution in [1.82, 2.24) is 5.16 Å². The molecule has 0 spiro atoms. The summed E-state index contributed by atoms with van der Waals surface area (Å²) in [7, 11) is 4.18. The van der Waals surface area contributed by atoms with Crippen LogP contribution in [-0.4, -0.2) is 49.3 Å². The Balaban J connectivity index is 1.91. The van der Waals surface area contributed by atoms with Gasteiger partial charge in [-0.2, -0.15) is 0 Å². The molecule has 180 valence electrons. The van der Waals surface area contributed by atoms with Crippen LogP contribution in [0, 0.1) is 6.92 Å². The molecule has 1 amide bonds. The summed E-state index contributed by atoms with van der Waals surface area (Å²) in [5, 5.41) is 15.1. The van der Waals surface area contributed by atoms with Gasteiger partial charge in [0.05, 0.1) is 38.5 Å². The fraction of sp³-hybridized carbons (Fsp3) is 0.200. The fourth-order valence-corrected chi connectivity index (χ4v) is 3.91. The molecule has 0 aliphatic carbocycles. The standard InChI is InChI=1S/C25H22N2O8/c1-13-11-19(26-35-13)27-21(14-5-7-15(8-6-14)25(31)34-4)20(23(29)24(27)30)22(28)16-9-10-17(32-2)18(12-16)33-3/h5-12,21,28H,1-4H3/t21-/m1/s1. The average molecular weight is 478 g/mol. The number of aliphatic hydroxyl groups is 1. The van der Waals surface area contributed by atoms with Crippen LogP contribution in [0.1, 0.15) is 33.3 Å². The van der Waals surface area contributed by atoms with Gasteiger partial charge in [0.2, 0.25) is 0 Å². The van der Waals surface area contributed by atoms with Gasteiger partial charge in [-0.25, -0.2) is 4.79 Å². The van der Waals surface area contributed by atoms with Gasteiger partial charge in [-0.1, -0.05) is 17.3 Å². The van der Waals surface area contributed by atoms with Crippen molar-refractivity contribution in [1.29, 1.82) is 0 Å². The second kappa shape index (κ2) is 9.34. The smallest absolute Gasteiger partial charge is 0.337 e. The van der Waals surface area contributed by atoms with Crippen molar-refractivity contribution >= 4 is 29.2 Å². The third kappa shape index (κ3) is 4.10. The molecule has 1 atom stereocenters. The number of aryl methyl sites for hydroxylation is 1. The number of ether oxygens (including phenoxy) is 3.